The molecule has 0 aromatic heterocycles. The lowest BCUT2D eigenvalue weighted by Crippen LogP contribution is -2.35. The average Bonchev–Trinajstić information content (AvgIpc) is 3.00. The molecule has 1 amide bonds. The van der Waals surface area contributed by atoms with Crippen molar-refractivity contribution in [2.75, 3.05) is 16.8 Å². The first kappa shape index (κ1) is 21.9. The van der Waals surface area contributed by atoms with Gasteiger partial charge in [0.25, 0.3) is 15.9 Å². The Bertz CT molecular complexity index is 1210. The third-order valence-corrected chi connectivity index (χ3v) is 6.70. The van der Waals surface area contributed by atoms with Gasteiger partial charge in [0.05, 0.1) is 16.9 Å². The van der Waals surface area contributed by atoms with Gasteiger partial charge < -0.3 is 15.0 Å². The number of ether oxygens (including phenoxy) is 1. The summed E-state index contributed by atoms with van der Waals surface area (Å²) in [6.07, 6.45) is 2.12. The van der Waals surface area contributed by atoms with Gasteiger partial charge in [-0.3, -0.25) is 4.79 Å². The van der Waals surface area contributed by atoms with E-state index in [1.807, 2.05) is 4.90 Å². The highest BCUT2D eigenvalue weighted by atomic mass is 32.2. The summed E-state index contributed by atoms with van der Waals surface area (Å²) in [6, 6.07) is 9.86. The van der Waals surface area contributed by atoms with Crippen LogP contribution in [0.2, 0.25) is 0 Å². The molecule has 2 aliphatic heterocycles. The van der Waals surface area contributed by atoms with E-state index in [0.29, 0.717) is 24.5 Å². The second kappa shape index (κ2) is 8.70. The first-order valence-electron chi connectivity index (χ1n) is 10.3. The number of fused-ring (bicyclic) bond motifs is 3. The Labute approximate surface area is 185 Å². The molecule has 4 rings (SSSR count). The molecule has 1 saturated heterocycles. The van der Waals surface area contributed by atoms with Crippen molar-refractivity contribution in [3.05, 3.63) is 53.8 Å². The van der Waals surface area contributed by atoms with Gasteiger partial charge in [-0.2, -0.15) is 8.42 Å². The summed E-state index contributed by atoms with van der Waals surface area (Å²) in [5.41, 5.74) is 0.427. The topological polar surface area (TPSA) is 105 Å². The lowest BCUT2D eigenvalue weighted by Gasteiger charge is -2.29. The summed E-state index contributed by atoms with van der Waals surface area (Å²) < 4.78 is 48.3. The van der Waals surface area contributed by atoms with Crippen LogP contribution in [0.5, 0.6) is 0 Å². The molecule has 2 heterocycles. The molecule has 2 aliphatic rings. The Kier molecular flexibility index (Phi) is 5.96. The lowest BCUT2D eigenvalue weighted by molar-refractivity contribution is -0.123. The largest absolute Gasteiger partial charge is 0.449 e. The van der Waals surface area contributed by atoms with E-state index < -0.39 is 33.8 Å². The smallest absolute Gasteiger partial charge is 0.338 e. The standard InChI is InChI=1S/C22H22FN3O5S/c1-14(21(27)24-17-8-5-4-7-16(17)23)31-22(28)15-10-11-18-19(13-15)32(29,30)25-20-9-3-2-6-12-26(18)20/h4-5,7-8,10-11,13-14H,2-3,6,9,12H2,1H3,(H,24,27)/t14-/m0/s1. The Balaban J connectivity index is 1.52. The van der Waals surface area contributed by atoms with Crippen molar-refractivity contribution >= 4 is 39.1 Å². The van der Waals surface area contributed by atoms with Crippen LogP contribution in [0.3, 0.4) is 0 Å². The van der Waals surface area contributed by atoms with Crippen LogP contribution in [0, 0.1) is 5.82 Å². The van der Waals surface area contributed by atoms with Crippen molar-refractivity contribution in [3.63, 3.8) is 0 Å². The molecule has 2 aromatic carbocycles. The monoisotopic (exact) mass is 459 g/mol. The fraction of sp³-hybridized carbons (Fsp3) is 0.318. The maximum Gasteiger partial charge on any atom is 0.338 e. The number of carbonyl (C=O) groups excluding carboxylic acids is 2. The number of nitrogens with zero attached hydrogens (tertiary/aromatic N) is 2. The molecule has 0 unspecified atom stereocenters. The number of sulfonamides is 1. The van der Waals surface area contributed by atoms with Crippen LogP contribution in [-0.4, -0.2) is 38.8 Å². The summed E-state index contributed by atoms with van der Waals surface area (Å²) in [7, 11) is -3.96. The van der Waals surface area contributed by atoms with Gasteiger partial charge in [-0.15, -0.1) is 4.40 Å². The van der Waals surface area contributed by atoms with Crippen LogP contribution in [0.15, 0.2) is 51.8 Å². The third kappa shape index (κ3) is 4.36. The van der Waals surface area contributed by atoms with E-state index in [9.17, 15) is 22.4 Å². The predicted octanol–water partition coefficient (Wildman–Crippen LogP) is 3.49. The number of carbonyl (C=O) groups is 2. The highest BCUT2D eigenvalue weighted by Crippen LogP contribution is 2.35. The second-order valence-corrected chi connectivity index (χ2v) is 9.22. The molecule has 32 heavy (non-hydrogen) atoms. The first-order chi connectivity index (χ1) is 15.3. The molecule has 168 valence electrons. The third-order valence-electron chi connectivity index (χ3n) is 5.37. The number of rotatable bonds is 4. The van der Waals surface area contributed by atoms with Crippen molar-refractivity contribution in [2.45, 2.75) is 43.6 Å². The highest BCUT2D eigenvalue weighted by molar-refractivity contribution is 7.90. The molecular weight excluding hydrogens is 437 g/mol. The number of anilines is 2. The van der Waals surface area contributed by atoms with E-state index in [2.05, 4.69) is 9.71 Å². The van der Waals surface area contributed by atoms with Crippen LogP contribution >= 0.6 is 0 Å². The first-order valence-corrected chi connectivity index (χ1v) is 11.7. The van der Waals surface area contributed by atoms with E-state index in [0.717, 1.165) is 19.3 Å². The van der Waals surface area contributed by atoms with Gasteiger partial charge in [0, 0.05) is 13.0 Å². The minimum atomic E-state index is -3.96. The Morgan fingerprint density at radius 2 is 1.94 bits per heavy atom. The molecule has 1 N–H and O–H groups in total. The molecule has 0 saturated carbocycles. The zero-order valence-electron chi connectivity index (χ0n) is 17.4. The van der Waals surface area contributed by atoms with E-state index in [-0.39, 0.29) is 16.1 Å². The molecule has 1 fully saturated rings. The van der Waals surface area contributed by atoms with E-state index >= 15 is 0 Å². The van der Waals surface area contributed by atoms with Crippen molar-refractivity contribution < 1.29 is 27.1 Å². The number of amidine groups is 1. The van der Waals surface area contributed by atoms with Crippen LogP contribution in [0.25, 0.3) is 0 Å². The Morgan fingerprint density at radius 3 is 2.72 bits per heavy atom. The zero-order chi connectivity index (χ0) is 22.9. The molecule has 0 aliphatic carbocycles. The molecular formula is C22H22FN3O5S. The number of hydrogen-bond donors (Lipinski definition) is 1. The average molecular weight is 459 g/mol. The summed E-state index contributed by atoms with van der Waals surface area (Å²) in [6.45, 7) is 2.00. The molecule has 8 nitrogen and oxygen atoms in total. The molecule has 1 atom stereocenters. The molecule has 0 bridgehead atoms. The van der Waals surface area contributed by atoms with Gasteiger partial charge in [-0.1, -0.05) is 18.6 Å². The van der Waals surface area contributed by atoms with Crippen LogP contribution in [0.1, 0.15) is 43.0 Å². The minimum absolute atomic E-state index is 0.0219. The fourth-order valence-electron chi connectivity index (χ4n) is 3.69. The second-order valence-electron chi connectivity index (χ2n) is 7.64. The Hall–Kier alpha value is -3.27. The number of amides is 1. The van der Waals surface area contributed by atoms with Crippen molar-refractivity contribution in [2.24, 2.45) is 4.40 Å². The van der Waals surface area contributed by atoms with Crippen molar-refractivity contribution in [1.82, 2.24) is 0 Å². The summed E-state index contributed by atoms with van der Waals surface area (Å²) in [4.78, 5) is 26.7. The van der Waals surface area contributed by atoms with E-state index in [1.165, 1.54) is 37.3 Å². The maximum atomic E-state index is 13.7. The SMILES string of the molecule is C[C@H](OC(=O)c1ccc2c(c1)S(=O)(=O)N=C1CCCCCN12)C(=O)Nc1ccccc1F. The molecule has 2 aromatic rings. The van der Waals surface area contributed by atoms with Gasteiger partial charge in [-0.25, -0.2) is 9.18 Å². The van der Waals surface area contributed by atoms with Gasteiger partial charge >= 0.3 is 5.97 Å². The number of halogens is 1. The van der Waals surface area contributed by atoms with Gasteiger partial charge in [0.15, 0.2) is 6.10 Å². The number of nitrogens with one attached hydrogen (secondary N) is 1. The van der Waals surface area contributed by atoms with Crippen molar-refractivity contribution in [3.8, 4) is 0 Å². The molecule has 10 heteroatoms. The van der Waals surface area contributed by atoms with Crippen LogP contribution < -0.4 is 10.2 Å². The maximum absolute atomic E-state index is 13.7. The number of hydrogen-bond acceptors (Lipinski definition) is 6. The van der Waals surface area contributed by atoms with Crippen molar-refractivity contribution in [1.29, 1.82) is 0 Å². The summed E-state index contributed by atoms with van der Waals surface area (Å²) in [5, 5.41) is 2.36. The molecule has 0 spiro atoms. The lowest BCUT2D eigenvalue weighted by atomic mass is 10.1. The number of para-hydroxylation sites is 1. The zero-order valence-corrected chi connectivity index (χ0v) is 18.2. The van der Waals surface area contributed by atoms with Gasteiger partial charge in [0.1, 0.15) is 16.5 Å². The Morgan fingerprint density at radius 1 is 1.16 bits per heavy atom. The fourth-order valence-corrected chi connectivity index (χ4v) is 4.97. The van der Waals surface area contributed by atoms with Crippen LogP contribution in [0.4, 0.5) is 15.8 Å². The van der Waals surface area contributed by atoms with Gasteiger partial charge in [0.2, 0.25) is 0 Å². The normalized spacial score (nSPS) is 17.8. The van der Waals surface area contributed by atoms with E-state index in [1.54, 1.807) is 12.1 Å². The number of esters is 1. The van der Waals surface area contributed by atoms with Crippen LogP contribution in [-0.2, 0) is 19.6 Å². The number of benzene rings is 2. The predicted molar refractivity (Wildman–Crippen MR) is 117 cm³/mol. The quantitative estimate of drug-likeness (QED) is 0.702. The summed E-state index contributed by atoms with van der Waals surface area (Å²) >= 11 is 0. The minimum Gasteiger partial charge on any atom is -0.449 e. The highest BCUT2D eigenvalue weighted by Gasteiger charge is 2.32. The van der Waals surface area contributed by atoms with E-state index in [4.69, 9.17) is 4.74 Å². The molecule has 0 radical (unpaired) electrons. The summed E-state index contributed by atoms with van der Waals surface area (Å²) in [5.74, 6) is -1.69. The van der Waals surface area contributed by atoms with Gasteiger partial charge in [-0.05, 0) is 50.1 Å².